The summed E-state index contributed by atoms with van der Waals surface area (Å²) in [4.78, 5) is 8.95. The van der Waals surface area contributed by atoms with Gasteiger partial charge in [-0.1, -0.05) is 0 Å². The summed E-state index contributed by atoms with van der Waals surface area (Å²) in [6.45, 7) is 2.72. The molecule has 20 heavy (non-hydrogen) atoms. The predicted molar refractivity (Wildman–Crippen MR) is 76.3 cm³/mol. The number of aryl methyl sites for hydroxylation is 1. The van der Waals surface area contributed by atoms with E-state index in [9.17, 15) is 0 Å². The Morgan fingerprint density at radius 3 is 3.20 bits per heavy atom. The van der Waals surface area contributed by atoms with E-state index in [1.165, 1.54) is 5.69 Å². The van der Waals surface area contributed by atoms with E-state index in [0.717, 1.165) is 41.7 Å². The molecule has 0 spiro atoms. The molecule has 2 aromatic heterocycles. The summed E-state index contributed by atoms with van der Waals surface area (Å²) in [5, 5.41) is 0. The minimum absolute atomic E-state index is 0.241. The highest BCUT2D eigenvalue weighted by Gasteiger charge is 2.20. The Kier molecular flexibility index (Phi) is 2.44. The van der Waals surface area contributed by atoms with E-state index in [1.807, 2.05) is 31.5 Å². The largest absolute Gasteiger partial charge is 0.441 e. The van der Waals surface area contributed by atoms with Crippen molar-refractivity contribution in [1.82, 2.24) is 14.5 Å². The van der Waals surface area contributed by atoms with Crippen molar-refractivity contribution in [3.63, 3.8) is 0 Å². The topological polar surface area (TPSA) is 69.9 Å². The van der Waals surface area contributed by atoms with Crippen LogP contribution < -0.4 is 5.73 Å². The van der Waals surface area contributed by atoms with Gasteiger partial charge in [-0.15, -0.1) is 0 Å². The monoisotopic (exact) mass is 268 g/mol. The molecule has 4 rings (SSSR count). The molecule has 1 aliphatic heterocycles. The Morgan fingerprint density at radius 2 is 2.30 bits per heavy atom. The number of rotatable bonds is 1. The summed E-state index contributed by atoms with van der Waals surface area (Å²) in [6.07, 6.45) is 3.89. The van der Waals surface area contributed by atoms with Crippen molar-refractivity contribution in [3.8, 4) is 11.3 Å². The average molecular weight is 268 g/mol. The number of hydrogen-bond donors (Lipinski definition) is 1. The molecule has 1 unspecified atom stereocenters. The normalized spacial score (nSPS) is 18.4. The van der Waals surface area contributed by atoms with Crippen LogP contribution in [0.1, 0.15) is 18.0 Å². The van der Waals surface area contributed by atoms with Gasteiger partial charge in [0, 0.05) is 30.8 Å². The van der Waals surface area contributed by atoms with Crippen LogP contribution in [-0.4, -0.2) is 20.6 Å². The summed E-state index contributed by atoms with van der Waals surface area (Å²) >= 11 is 0. The molecule has 2 N–H and O–H groups in total. The summed E-state index contributed by atoms with van der Waals surface area (Å²) in [5.41, 5.74) is 11.1. The van der Waals surface area contributed by atoms with Gasteiger partial charge in [0.05, 0.1) is 12.0 Å². The lowest BCUT2D eigenvalue weighted by Gasteiger charge is -2.21. The number of hydrogen-bond acceptors (Lipinski definition) is 4. The molecule has 0 aliphatic carbocycles. The van der Waals surface area contributed by atoms with E-state index in [2.05, 4.69) is 14.5 Å². The standard InChI is InChI=1S/C15H16N4O/c1-9-18-12-6-10(2-5-14(12)20-9)15-13-4-3-11(16)7-19(13)8-17-15/h2,5-6,8,11H,3-4,7,16H2,1H3. The summed E-state index contributed by atoms with van der Waals surface area (Å²) in [6, 6.07) is 6.30. The van der Waals surface area contributed by atoms with Crippen LogP contribution in [0.25, 0.3) is 22.4 Å². The second kappa shape index (κ2) is 4.18. The van der Waals surface area contributed by atoms with Crippen molar-refractivity contribution in [2.75, 3.05) is 0 Å². The second-order valence-electron chi connectivity index (χ2n) is 5.41. The number of imidazole rings is 1. The highest BCUT2D eigenvalue weighted by molar-refractivity contribution is 5.80. The molecule has 1 atom stereocenters. The maximum absolute atomic E-state index is 6.00. The Balaban J connectivity index is 1.83. The molecule has 0 saturated carbocycles. The Morgan fingerprint density at radius 1 is 1.40 bits per heavy atom. The van der Waals surface area contributed by atoms with Crippen molar-refractivity contribution >= 4 is 11.1 Å². The number of oxazole rings is 1. The van der Waals surface area contributed by atoms with Crippen LogP contribution in [0, 0.1) is 6.92 Å². The fourth-order valence-corrected chi connectivity index (χ4v) is 2.92. The number of nitrogens with zero attached hydrogens (tertiary/aromatic N) is 3. The van der Waals surface area contributed by atoms with Crippen LogP contribution in [0.4, 0.5) is 0 Å². The van der Waals surface area contributed by atoms with E-state index in [-0.39, 0.29) is 6.04 Å². The van der Waals surface area contributed by atoms with Gasteiger partial charge in [0.25, 0.3) is 0 Å². The van der Waals surface area contributed by atoms with Crippen LogP contribution in [-0.2, 0) is 13.0 Å². The third kappa shape index (κ3) is 1.74. The van der Waals surface area contributed by atoms with Gasteiger partial charge in [0.15, 0.2) is 11.5 Å². The van der Waals surface area contributed by atoms with Gasteiger partial charge in [-0.25, -0.2) is 9.97 Å². The number of nitrogens with two attached hydrogens (primary N) is 1. The Bertz CT molecular complexity index is 786. The fraction of sp³-hybridized carbons (Fsp3) is 0.333. The molecule has 0 saturated heterocycles. The molecule has 0 bridgehead atoms. The van der Waals surface area contributed by atoms with Crippen LogP contribution in [0.5, 0.6) is 0 Å². The first-order valence-corrected chi connectivity index (χ1v) is 6.88. The number of aromatic nitrogens is 3. The zero-order valence-corrected chi connectivity index (χ0v) is 11.3. The third-order valence-electron chi connectivity index (χ3n) is 3.90. The highest BCUT2D eigenvalue weighted by atomic mass is 16.3. The second-order valence-corrected chi connectivity index (χ2v) is 5.41. The average Bonchev–Trinajstić information content (AvgIpc) is 2.99. The molecular weight excluding hydrogens is 252 g/mol. The van der Waals surface area contributed by atoms with Crippen molar-refractivity contribution < 1.29 is 4.42 Å². The van der Waals surface area contributed by atoms with Gasteiger partial charge in [0.1, 0.15) is 5.52 Å². The van der Waals surface area contributed by atoms with Crippen molar-refractivity contribution in [2.24, 2.45) is 5.73 Å². The van der Waals surface area contributed by atoms with Gasteiger partial charge < -0.3 is 14.7 Å². The zero-order valence-electron chi connectivity index (χ0n) is 11.3. The van der Waals surface area contributed by atoms with E-state index >= 15 is 0 Å². The van der Waals surface area contributed by atoms with Gasteiger partial charge >= 0.3 is 0 Å². The molecule has 1 aromatic carbocycles. The first-order valence-electron chi connectivity index (χ1n) is 6.88. The Labute approximate surface area is 116 Å². The van der Waals surface area contributed by atoms with Crippen LogP contribution >= 0.6 is 0 Å². The van der Waals surface area contributed by atoms with Crippen molar-refractivity contribution in [3.05, 3.63) is 36.1 Å². The molecule has 3 heterocycles. The molecule has 0 radical (unpaired) electrons. The first kappa shape index (κ1) is 11.7. The third-order valence-corrected chi connectivity index (χ3v) is 3.90. The van der Waals surface area contributed by atoms with E-state index in [1.54, 1.807) is 0 Å². The molecule has 102 valence electrons. The lowest BCUT2D eigenvalue weighted by molar-refractivity contribution is 0.461. The van der Waals surface area contributed by atoms with E-state index in [4.69, 9.17) is 10.2 Å². The quantitative estimate of drug-likeness (QED) is 0.735. The summed E-state index contributed by atoms with van der Waals surface area (Å²) < 4.78 is 7.68. The maximum atomic E-state index is 6.00. The van der Waals surface area contributed by atoms with Crippen LogP contribution in [0.3, 0.4) is 0 Å². The van der Waals surface area contributed by atoms with Crippen molar-refractivity contribution in [1.29, 1.82) is 0 Å². The van der Waals surface area contributed by atoms with Gasteiger partial charge in [-0.05, 0) is 31.0 Å². The Hall–Kier alpha value is -2.14. The zero-order chi connectivity index (χ0) is 13.7. The SMILES string of the molecule is Cc1nc2cc(-c3ncn4c3CCC(N)C4)ccc2o1. The van der Waals surface area contributed by atoms with Crippen LogP contribution in [0.15, 0.2) is 28.9 Å². The minimum Gasteiger partial charge on any atom is -0.441 e. The summed E-state index contributed by atoms with van der Waals surface area (Å²) in [7, 11) is 0. The molecule has 5 nitrogen and oxygen atoms in total. The molecular formula is C15H16N4O. The van der Waals surface area contributed by atoms with E-state index < -0.39 is 0 Å². The van der Waals surface area contributed by atoms with Crippen LogP contribution in [0.2, 0.25) is 0 Å². The minimum atomic E-state index is 0.241. The lowest BCUT2D eigenvalue weighted by Crippen LogP contribution is -2.31. The number of benzene rings is 1. The van der Waals surface area contributed by atoms with Gasteiger partial charge in [-0.3, -0.25) is 0 Å². The molecule has 3 aromatic rings. The smallest absolute Gasteiger partial charge is 0.192 e. The van der Waals surface area contributed by atoms with Crippen molar-refractivity contribution in [2.45, 2.75) is 32.4 Å². The van der Waals surface area contributed by atoms with Gasteiger partial charge in [0.2, 0.25) is 0 Å². The lowest BCUT2D eigenvalue weighted by atomic mass is 10.0. The summed E-state index contributed by atoms with van der Waals surface area (Å²) in [5.74, 6) is 0.690. The molecule has 1 aliphatic rings. The maximum Gasteiger partial charge on any atom is 0.192 e. The molecule has 0 fully saturated rings. The highest BCUT2D eigenvalue weighted by Crippen LogP contribution is 2.29. The first-order chi connectivity index (χ1) is 9.70. The predicted octanol–water partition coefficient (Wildman–Crippen LogP) is 2.27. The van der Waals surface area contributed by atoms with E-state index in [0.29, 0.717) is 5.89 Å². The molecule has 5 heteroatoms. The van der Waals surface area contributed by atoms with Gasteiger partial charge in [-0.2, -0.15) is 0 Å². The molecule has 0 amide bonds. The number of fused-ring (bicyclic) bond motifs is 2. The fourth-order valence-electron chi connectivity index (χ4n) is 2.92.